The molecule has 1 rings (SSSR count). The fourth-order valence-corrected chi connectivity index (χ4v) is 2.63. The molecular formula is C14H30N4O. The Morgan fingerprint density at radius 1 is 1.21 bits per heavy atom. The molecule has 1 unspecified atom stereocenters. The van der Waals surface area contributed by atoms with Gasteiger partial charge in [0.25, 0.3) is 0 Å². The number of likely N-dealkylation sites (N-methyl/N-ethyl adjacent to an activating group) is 1. The van der Waals surface area contributed by atoms with Crippen LogP contribution >= 0.6 is 0 Å². The van der Waals surface area contributed by atoms with Gasteiger partial charge in [-0.05, 0) is 45.8 Å². The van der Waals surface area contributed by atoms with Gasteiger partial charge in [-0.2, -0.15) is 0 Å². The number of unbranched alkanes of at least 4 members (excludes halogenated alkanes) is 2. The van der Waals surface area contributed by atoms with Gasteiger partial charge < -0.3 is 16.0 Å². The molecule has 1 aliphatic heterocycles. The molecule has 112 valence electrons. The van der Waals surface area contributed by atoms with E-state index in [2.05, 4.69) is 15.1 Å². The van der Waals surface area contributed by atoms with Crippen molar-refractivity contribution >= 4 is 5.91 Å². The summed E-state index contributed by atoms with van der Waals surface area (Å²) < 4.78 is 0. The molecule has 1 atom stereocenters. The van der Waals surface area contributed by atoms with Gasteiger partial charge in [0.1, 0.15) is 0 Å². The smallest absolute Gasteiger partial charge is 0.236 e. The van der Waals surface area contributed by atoms with Gasteiger partial charge in [0.15, 0.2) is 0 Å². The summed E-state index contributed by atoms with van der Waals surface area (Å²) in [5.41, 5.74) is 5.51. The lowest BCUT2D eigenvalue weighted by Gasteiger charge is -2.26. The zero-order chi connectivity index (χ0) is 14.1. The minimum atomic E-state index is -0.0119. The molecule has 1 saturated heterocycles. The Hall–Kier alpha value is -0.650. The fourth-order valence-electron chi connectivity index (χ4n) is 2.63. The standard InChI is InChI=1S/C14H30N4O/c1-13(14(19)16-2)18-10-6-9-17(11-12-18)8-5-3-4-7-15/h13H,3-12,15H2,1-2H3,(H,16,19). The maximum atomic E-state index is 11.7. The maximum absolute atomic E-state index is 11.7. The number of carbonyl (C=O) groups is 1. The predicted molar refractivity (Wildman–Crippen MR) is 79.1 cm³/mol. The monoisotopic (exact) mass is 270 g/mol. The average molecular weight is 270 g/mol. The number of hydrogen-bond donors (Lipinski definition) is 2. The summed E-state index contributed by atoms with van der Waals surface area (Å²) in [5.74, 6) is 0.122. The van der Waals surface area contributed by atoms with Crippen LogP contribution in [-0.2, 0) is 4.79 Å². The van der Waals surface area contributed by atoms with E-state index in [4.69, 9.17) is 5.73 Å². The second-order valence-corrected chi connectivity index (χ2v) is 5.37. The Morgan fingerprint density at radius 2 is 2.00 bits per heavy atom. The summed E-state index contributed by atoms with van der Waals surface area (Å²) in [4.78, 5) is 16.5. The van der Waals surface area contributed by atoms with Gasteiger partial charge in [0.05, 0.1) is 6.04 Å². The highest BCUT2D eigenvalue weighted by atomic mass is 16.2. The number of nitrogens with two attached hydrogens (primary N) is 1. The van der Waals surface area contributed by atoms with Crippen molar-refractivity contribution in [3.8, 4) is 0 Å². The second kappa shape index (κ2) is 9.28. The number of hydrogen-bond acceptors (Lipinski definition) is 4. The Bertz CT molecular complexity index is 260. The van der Waals surface area contributed by atoms with E-state index in [-0.39, 0.29) is 11.9 Å². The summed E-state index contributed by atoms with van der Waals surface area (Å²) in [6.45, 7) is 8.21. The van der Waals surface area contributed by atoms with Crippen LogP contribution in [0.5, 0.6) is 0 Å². The van der Waals surface area contributed by atoms with E-state index in [1.165, 1.54) is 19.4 Å². The van der Waals surface area contributed by atoms with E-state index in [1.54, 1.807) is 7.05 Å². The lowest BCUT2D eigenvalue weighted by molar-refractivity contribution is -0.125. The number of nitrogens with zero attached hydrogens (tertiary/aromatic N) is 2. The van der Waals surface area contributed by atoms with Crippen molar-refractivity contribution in [1.29, 1.82) is 0 Å². The summed E-state index contributed by atoms with van der Waals surface area (Å²) in [5, 5.41) is 2.74. The zero-order valence-corrected chi connectivity index (χ0v) is 12.5. The van der Waals surface area contributed by atoms with Crippen LogP contribution in [0.15, 0.2) is 0 Å². The fraction of sp³-hybridized carbons (Fsp3) is 0.929. The van der Waals surface area contributed by atoms with E-state index in [1.807, 2.05) is 6.92 Å². The zero-order valence-electron chi connectivity index (χ0n) is 12.5. The summed E-state index contributed by atoms with van der Waals surface area (Å²) in [6.07, 6.45) is 4.75. The number of carbonyl (C=O) groups excluding carboxylic acids is 1. The van der Waals surface area contributed by atoms with E-state index < -0.39 is 0 Å². The lowest BCUT2D eigenvalue weighted by Crippen LogP contribution is -2.45. The van der Waals surface area contributed by atoms with Crippen LogP contribution in [0.2, 0.25) is 0 Å². The van der Waals surface area contributed by atoms with Crippen molar-refractivity contribution in [3.05, 3.63) is 0 Å². The third-order valence-corrected chi connectivity index (χ3v) is 3.98. The first-order chi connectivity index (χ1) is 9.19. The van der Waals surface area contributed by atoms with E-state index in [0.717, 1.165) is 45.6 Å². The summed E-state index contributed by atoms with van der Waals surface area (Å²) >= 11 is 0. The van der Waals surface area contributed by atoms with Gasteiger partial charge in [-0.15, -0.1) is 0 Å². The van der Waals surface area contributed by atoms with Crippen molar-refractivity contribution in [2.75, 3.05) is 46.3 Å². The average Bonchev–Trinajstić information content (AvgIpc) is 2.67. The molecule has 0 aromatic carbocycles. The molecule has 5 nitrogen and oxygen atoms in total. The van der Waals surface area contributed by atoms with Gasteiger partial charge >= 0.3 is 0 Å². The van der Waals surface area contributed by atoms with Crippen molar-refractivity contribution in [3.63, 3.8) is 0 Å². The van der Waals surface area contributed by atoms with Crippen LogP contribution in [0.3, 0.4) is 0 Å². The molecular weight excluding hydrogens is 240 g/mol. The molecule has 5 heteroatoms. The largest absolute Gasteiger partial charge is 0.358 e. The second-order valence-electron chi connectivity index (χ2n) is 5.37. The van der Waals surface area contributed by atoms with Crippen molar-refractivity contribution in [2.45, 2.75) is 38.6 Å². The SMILES string of the molecule is CNC(=O)C(C)N1CCCN(CCCCCN)CC1. The molecule has 0 saturated carbocycles. The van der Waals surface area contributed by atoms with Crippen LogP contribution in [-0.4, -0.2) is 68.1 Å². The van der Waals surface area contributed by atoms with E-state index in [9.17, 15) is 4.79 Å². The minimum absolute atomic E-state index is 0.0119. The molecule has 1 fully saturated rings. The lowest BCUT2D eigenvalue weighted by atomic mass is 10.2. The molecule has 1 amide bonds. The Morgan fingerprint density at radius 3 is 2.68 bits per heavy atom. The van der Waals surface area contributed by atoms with Gasteiger partial charge in [-0.25, -0.2) is 0 Å². The Kier molecular flexibility index (Phi) is 8.02. The molecule has 0 aromatic rings. The Balaban J connectivity index is 2.28. The van der Waals surface area contributed by atoms with Crippen molar-refractivity contribution in [1.82, 2.24) is 15.1 Å². The molecule has 3 N–H and O–H groups in total. The Labute approximate surface area is 117 Å². The molecule has 0 aliphatic carbocycles. The van der Waals surface area contributed by atoms with Gasteiger partial charge in [0, 0.05) is 26.7 Å². The third-order valence-electron chi connectivity index (χ3n) is 3.98. The van der Waals surface area contributed by atoms with Crippen LogP contribution in [0.1, 0.15) is 32.6 Å². The molecule has 0 radical (unpaired) electrons. The van der Waals surface area contributed by atoms with Gasteiger partial charge in [0.2, 0.25) is 5.91 Å². The number of amides is 1. The molecule has 0 bridgehead atoms. The first-order valence-corrected chi connectivity index (χ1v) is 7.57. The molecule has 19 heavy (non-hydrogen) atoms. The third kappa shape index (κ3) is 5.89. The van der Waals surface area contributed by atoms with Crippen LogP contribution in [0.4, 0.5) is 0 Å². The quantitative estimate of drug-likeness (QED) is 0.651. The molecule has 0 aromatic heterocycles. The minimum Gasteiger partial charge on any atom is -0.358 e. The highest BCUT2D eigenvalue weighted by Gasteiger charge is 2.22. The normalized spacial score (nSPS) is 19.9. The van der Waals surface area contributed by atoms with Crippen molar-refractivity contribution < 1.29 is 4.79 Å². The highest BCUT2D eigenvalue weighted by Crippen LogP contribution is 2.08. The summed E-state index contributed by atoms with van der Waals surface area (Å²) in [7, 11) is 1.71. The van der Waals surface area contributed by atoms with Gasteiger partial charge in [-0.3, -0.25) is 9.69 Å². The first-order valence-electron chi connectivity index (χ1n) is 7.57. The van der Waals surface area contributed by atoms with E-state index >= 15 is 0 Å². The molecule has 0 spiro atoms. The van der Waals surface area contributed by atoms with Crippen LogP contribution < -0.4 is 11.1 Å². The van der Waals surface area contributed by atoms with E-state index in [0.29, 0.717) is 0 Å². The van der Waals surface area contributed by atoms with Crippen LogP contribution in [0, 0.1) is 0 Å². The molecule has 1 aliphatic rings. The highest BCUT2D eigenvalue weighted by molar-refractivity contribution is 5.80. The van der Waals surface area contributed by atoms with Crippen molar-refractivity contribution in [2.24, 2.45) is 5.73 Å². The topological polar surface area (TPSA) is 61.6 Å². The maximum Gasteiger partial charge on any atom is 0.236 e. The number of rotatable bonds is 7. The summed E-state index contributed by atoms with van der Waals surface area (Å²) in [6, 6.07) is -0.0119. The van der Waals surface area contributed by atoms with Gasteiger partial charge in [-0.1, -0.05) is 6.42 Å². The van der Waals surface area contributed by atoms with Crippen LogP contribution in [0.25, 0.3) is 0 Å². The molecule has 1 heterocycles. The number of nitrogens with one attached hydrogen (secondary N) is 1. The first kappa shape index (κ1) is 16.4. The predicted octanol–water partition coefficient (Wildman–Crippen LogP) is 0.258.